The van der Waals surface area contributed by atoms with E-state index in [2.05, 4.69) is 16.6 Å². The van der Waals surface area contributed by atoms with Crippen molar-refractivity contribution < 1.29 is 8.42 Å². The van der Waals surface area contributed by atoms with Crippen molar-refractivity contribution in [3.05, 3.63) is 0 Å². The fraction of sp³-hybridized carbons (Fsp3) is 0.727. The topological polar surface area (TPSA) is 88.3 Å². The normalized spacial score (nSPS) is 24.0. The van der Waals surface area contributed by atoms with Gasteiger partial charge in [-0.2, -0.15) is 4.37 Å². The number of nitrogens with zero attached hydrogens (tertiary/aromatic N) is 2. The van der Waals surface area contributed by atoms with Gasteiger partial charge in [-0.15, -0.1) is 0 Å². The van der Waals surface area contributed by atoms with Crippen molar-refractivity contribution in [1.82, 2.24) is 8.68 Å². The SMILES string of the molecule is CC1CCC(Nc2snc(N)c2S(=O)(=O)N(C)C)C1. The van der Waals surface area contributed by atoms with Crippen LogP contribution in [-0.2, 0) is 10.0 Å². The molecule has 19 heavy (non-hydrogen) atoms. The van der Waals surface area contributed by atoms with Gasteiger partial charge in [0.1, 0.15) is 5.00 Å². The van der Waals surface area contributed by atoms with Crippen LogP contribution >= 0.6 is 11.5 Å². The highest BCUT2D eigenvalue weighted by molar-refractivity contribution is 7.89. The van der Waals surface area contributed by atoms with Crippen LogP contribution in [0.2, 0.25) is 0 Å². The lowest BCUT2D eigenvalue weighted by Gasteiger charge is -2.16. The summed E-state index contributed by atoms with van der Waals surface area (Å²) >= 11 is 1.12. The molecule has 8 heteroatoms. The van der Waals surface area contributed by atoms with Gasteiger partial charge in [-0.25, -0.2) is 12.7 Å². The first-order chi connectivity index (χ1) is 8.82. The maximum atomic E-state index is 12.2. The van der Waals surface area contributed by atoms with Crippen molar-refractivity contribution in [3.8, 4) is 0 Å². The average Bonchev–Trinajstić information content (AvgIpc) is 2.86. The molecule has 0 radical (unpaired) electrons. The molecule has 1 saturated carbocycles. The molecule has 0 spiro atoms. The Morgan fingerprint density at radius 3 is 2.63 bits per heavy atom. The highest BCUT2D eigenvalue weighted by atomic mass is 32.2. The van der Waals surface area contributed by atoms with Crippen molar-refractivity contribution in [2.45, 2.75) is 37.1 Å². The molecule has 6 nitrogen and oxygen atoms in total. The predicted molar refractivity (Wildman–Crippen MR) is 77.8 cm³/mol. The second-order valence-electron chi connectivity index (χ2n) is 5.27. The summed E-state index contributed by atoms with van der Waals surface area (Å²) in [7, 11) is -0.568. The molecule has 1 aliphatic carbocycles. The van der Waals surface area contributed by atoms with Crippen LogP contribution in [0.15, 0.2) is 4.90 Å². The number of nitrogens with two attached hydrogens (primary N) is 1. The summed E-state index contributed by atoms with van der Waals surface area (Å²) in [5.74, 6) is 0.754. The zero-order valence-electron chi connectivity index (χ0n) is 11.4. The minimum atomic E-state index is -3.56. The molecule has 0 amide bonds. The van der Waals surface area contributed by atoms with Gasteiger partial charge >= 0.3 is 0 Å². The van der Waals surface area contributed by atoms with E-state index in [1.54, 1.807) is 0 Å². The van der Waals surface area contributed by atoms with E-state index in [-0.39, 0.29) is 10.7 Å². The van der Waals surface area contributed by atoms with Crippen molar-refractivity contribution in [1.29, 1.82) is 0 Å². The Balaban J connectivity index is 2.28. The van der Waals surface area contributed by atoms with Crippen LogP contribution in [0, 0.1) is 5.92 Å². The van der Waals surface area contributed by atoms with Crippen molar-refractivity contribution in [2.75, 3.05) is 25.1 Å². The summed E-state index contributed by atoms with van der Waals surface area (Å²) in [6, 6.07) is 0.311. The Morgan fingerprint density at radius 2 is 2.11 bits per heavy atom. The Labute approximate surface area is 118 Å². The van der Waals surface area contributed by atoms with Crippen LogP contribution in [0.3, 0.4) is 0 Å². The number of sulfonamides is 1. The van der Waals surface area contributed by atoms with Crippen LogP contribution in [0.4, 0.5) is 10.8 Å². The van der Waals surface area contributed by atoms with Gasteiger partial charge in [0.2, 0.25) is 10.0 Å². The van der Waals surface area contributed by atoms with Gasteiger partial charge in [0.15, 0.2) is 10.7 Å². The Bertz CT molecular complexity index is 553. The highest BCUT2D eigenvalue weighted by Crippen LogP contribution is 2.36. The second kappa shape index (κ2) is 5.26. The number of nitrogens with one attached hydrogen (secondary N) is 1. The largest absolute Gasteiger partial charge is 0.382 e. The second-order valence-corrected chi connectivity index (χ2v) is 8.14. The maximum absolute atomic E-state index is 12.2. The third kappa shape index (κ3) is 2.85. The monoisotopic (exact) mass is 304 g/mol. The summed E-state index contributed by atoms with van der Waals surface area (Å²) in [6.45, 7) is 2.21. The summed E-state index contributed by atoms with van der Waals surface area (Å²) in [4.78, 5) is 0.113. The van der Waals surface area contributed by atoms with Gasteiger partial charge in [0.05, 0.1) is 0 Å². The molecule has 0 bridgehead atoms. The Morgan fingerprint density at radius 1 is 1.42 bits per heavy atom. The third-order valence-corrected chi connectivity index (χ3v) is 6.26. The number of hydrogen-bond acceptors (Lipinski definition) is 6. The highest BCUT2D eigenvalue weighted by Gasteiger charge is 2.30. The minimum Gasteiger partial charge on any atom is -0.382 e. The fourth-order valence-electron chi connectivity index (χ4n) is 2.34. The summed E-state index contributed by atoms with van der Waals surface area (Å²) < 4.78 is 29.6. The number of nitrogen functional groups attached to an aromatic ring is 1. The third-order valence-electron chi connectivity index (χ3n) is 3.44. The van der Waals surface area contributed by atoms with Crippen molar-refractivity contribution >= 4 is 32.4 Å². The molecular formula is C11H20N4O2S2. The fourth-order valence-corrected chi connectivity index (χ4v) is 4.48. The maximum Gasteiger partial charge on any atom is 0.249 e. The lowest BCUT2D eigenvalue weighted by molar-refractivity contribution is 0.521. The first-order valence-corrected chi connectivity index (χ1v) is 8.48. The number of hydrogen-bond donors (Lipinski definition) is 2. The minimum absolute atomic E-state index is 0.0762. The Kier molecular flexibility index (Phi) is 4.03. The summed E-state index contributed by atoms with van der Waals surface area (Å²) in [5, 5.41) is 3.85. The lowest BCUT2D eigenvalue weighted by atomic mass is 10.1. The van der Waals surface area contributed by atoms with Gasteiger partial charge < -0.3 is 11.1 Å². The van der Waals surface area contributed by atoms with Crippen molar-refractivity contribution in [3.63, 3.8) is 0 Å². The Hall–Kier alpha value is -0.860. The molecule has 0 aromatic carbocycles. The molecular weight excluding hydrogens is 284 g/mol. The van der Waals surface area contributed by atoms with Gasteiger partial charge in [0.25, 0.3) is 0 Å². The summed E-state index contributed by atoms with van der Waals surface area (Å²) in [6.07, 6.45) is 3.28. The van der Waals surface area contributed by atoms with Crippen LogP contribution in [0.25, 0.3) is 0 Å². The molecule has 3 N–H and O–H groups in total. The van der Waals surface area contributed by atoms with E-state index >= 15 is 0 Å². The molecule has 1 aromatic rings. The molecule has 0 saturated heterocycles. The first kappa shape index (κ1) is 14.5. The van der Waals surface area contributed by atoms with Crippen molar-refractivity contribution in [2.24, 2.45) is 5.92 Å². The van der Waals surface area contributed by atoms with Gasteiger partial charge in [-0.1, -0.05) is 6.92 Å². The van der Waals surface area contributed by atoms with Gasteiger partial charge in [-0.3, -0.25) is 0 Å². The van der Waals surface area contributed by atoms with Gasteiger partial charge in [-0.05, 0) is 36.7 Å². The van der Waals surface area contributed by atoms with E-state index in [1.807, 2.05) is 0 Å². The number of anilines is 2. The summed E-state index contributed by atoms with van der Waals surface area (Å²) in [5.41, 5.74) is 5.72. The molecule has 0 aliphatic heterocycles. The van der Waals surface area contributed by atoms with Crippen LogP contribution < -0.4 is 11.1 Å². The van der Waals surface area contributed by atoms with Crippen LogP contribution in [0.5, 0.6) is 0 Å². The van der Waals surface area contributed by atoms with Crippen LogP contribution in [-0.4, -0.2) is 37.2 Å². The smallest absolute Gasteiger partial charge is 0.249 e. The predicted octanol–water partition coefficient (Wildman–Crippen LogP) is 1.58. The average molecular weight is 304 g/mol. The van der Waals surface area contributed by atoms with E-state index in [0.29, 0.717) is 17.0 Å². The number of aromatic nitrogens is 1. The standard InChI is InChI=1S/C11H20N4O2S2/c1-7-4-5-8(6-7)13-11-9(10(12)14-18-11)19(16,17)15(2)3/h7-8,13H,4-6H2,1-3H3,(H2,12,14). The molecule has 2 atom stereocenters. The molecule has 1 aliphatic rings. The quantitative estimate of drug-likeness (QED) is 0.881. The number of rotatable bonds is 4. The zero-order chi connectivity index (χ0) is 14.2. The van der Waals surface area contributed by atoms with Gasteiger partial charge in [0, 0.05) is 20.1 Å². The van der Waals surface area contributed by atoms with E-state index in [1.165, 1.54) is 20.5 Å². The van der Waals surface area contributed by atoms with E-state index in [9.17, 15) is 8.42 Å². The molecule has 2 rings (SSSR count). The molecule has 1 heterocycles. The first-order valence-electron chi connectivity index (χ1n) is 6.26. The van der Waals surface area contributed by atoms with E-state index < -0.39 is 10.0 Å². The molecule has 108 valence electrons. The van der Waals surface area contributed by atoms with E-state index in [0.717, 1.165) is 28.7 Å². The zero-order valence-corrected chi connectivity index (χ0v) is 13.0. The lowest BCUT2D eigenvalue weighted by Crippen LogP contribution is -2.24. The van der Waals surface area contributed by atoms with Crippen LogP contribution in [0.1, 0.15) is 26.2 Å². The van der Waals surface area contributed by atoms with E-state index in [4.69, 9.17) is 5.73 Å². The molecule has 2 unspecified atom stereocenters. The molecule has 1 aromatic heterocycles. The molecule has 1 fully saturated rings.